The van der Waals surface area contributed by atoms with E-state index in [4.69, 9.17) is 9.79 Å². The number of benzene rings is 1. The van der Waals surface area contributed by atoms with Crippen LogP contribution in [0.15, 0.2) is 0 Å². The topological polar surface area (TPSA) is 83.8 Å². The molecular formula is C16H28O5P2+2. The average Bonchev–Trinajstić information content (AvgIpc) is 2.47. The summed E-state index contributed by atoms with van der Waals surface area (Å²) in [6.45, 7) is 13.8. The van der Waals surface area contributed by atoms with Gasteiger partial charge in [0.1, 0.15) is 0 Å². The van der Waals surface area contributed by atoms with Gasteiger partial charge in [-0.2, -0.15) is 0 Å². The van der Waals surface area contributed by atoms with Crippen LogP contribution in [0.2, 0.25) is 0 Å². The third-order valence-electron chi connectivity index (χ3n) is 4.09. The van der Waals surface area contributed by atoms with Crippen LogP contribution in [0, 0.1) is 13.8 Å². The molecule has 0 bridgehead atoms. The Bertz CT molecular complexity index is 488. The Morgan fingerprint density at radius 1 is 0.696 bits per heavy atom. The first-order valence-corrected chi connectivity index (χ1v) is 10.1. The van der Waals surface area contributed by atoms with Crippen LogP contribution in [0.25, 0.3) is 0 Å². The predicted molar refractivity (Wildman–Crippen MR) is 94.2 cm³/mol. The monoisotopic (exact) mass is 362 g/mol. The van der Waals surface area contributed by atoms with E-state index in [-0.39, 0.29) is 0 Å². The van der Waals surface area contributed by atoms with Gasteiger partial charge < -0.3 is 0 Å². The van der Waals surface area contributed by atoms with Crippen molar-refractivity contribution in [3.05, 3.63) is 33.4 Å². The summed E-state index contributed by atoms with van der Waals surface area (Å²) < 4.78 is 22.2. The summed E-state index contributed by atoms with van der Waals surface area (Å²) in [5.41, 5.74) is 9.54. The van der Waals surface area contributed by atoms with Crippen molar-refractivity contribution in [2.45, 2.75) is 67.2 Å². The zero-order valence-corrected chi connectivity index (χ0v) is 16.6. The van der Waals surface area contributed by atoms with Crippen LogP contribution >= 0.6 is 16.5 Å². The SMILES string of the molecule is CCc1c(C)c(CC)c(CC)c(C)c1CC.O=[P+](O)O[P+](=O)O. The van der Waals surface area contributed by atoms with E-state index in [9.17, 15) is 9.13 Å². The molecule has 0 aromatic heterocycles. The molecule has 1 aromatic rings. The molecule has 0 saturated heterocycles. The van der Waals surface area contributed by atoms with Gasteiger partial charge in [-0.05, 0) is 72.9 Å². The molecule has 0 amide bonds. The smallest absolute Gasteiger partial charge is 0.131 e. The standard InChI is InChI=1S/C16H26.O5P2/c1-7-13-11(5)15(9-3)16(10-4)12(6)14(13)8-2;1-6(2)5-7(3)4/h7-10H2,1-6H3;/p+2. The number of rotatable bonds is 6. The first kappa shape index (κ1) is 22.3. The van der Waals surface area contributed by atoms with E-state index in [1.165, 1.54) is 25.7 Å². The van der Waals surface area contributed by atoms with Gasteiger partial charge in [-0.15, -0.1) is 9.79 Å². The highest BCUT2D eigenvalue weighted by molar-refractivity contribution is 7.46. The van der Waals surface area contributed by atoms with E-state index < -0.39 is 16.5 Å². The van der Waals surface area contributed by atoms with Crippen molar-refractivity contribution in [2.75, 3.05) is 0 Å². The van der Waals surface area contributed by atoms with Crippen LogP contribution in [-0.2, 0) is 39.1 Å². The van der Waals surface area contributed by atoms with Gasteiger partial charge in [0.25, 0.3) is 0 Å². The van der Waals surface area contributed by atoms with E-state index in [0.717, 1.165) is 0 Å². The lowest BCUT2D eigenvalue weighted by molar-refractivity contribution is 0.371. The second kappa shape index (κ2) is 11.0. The van der Waals surface area contributed by atoms with Gasteiger partial charge in [0.2, 0.25) is 0 Å². The molecule has 5 nitrogen and oxygen atoms in total. The molecule has 7 heteroatoms. The molecular weight excluding hydrogens is 334 g/mol. The molecule has 0 aliphatic heterocycles. The zero-order chi connectivity index (χ0) is 18.2. The maximum absolute atomic E-state index is 9.39. The van der Waals surface area contributed by atoms with Crippen LogP contribution in [0.4, 0.5) is 0 Å². The lowest BCUT2D eigenvalue weighted by Gasteiger charge is -2.22. The molecule has 1 rings (SSSR count). The highest BCUT2D eigenvalue weighted by atomic mass is 31.2. The lowest BCUT2D eigenvalue weighted by Crippen LogP contribution is -2.08. The lowest BCUT2D eigenvalue weighted by atomic mass is 9.84. The minimum atomic E-state index is -2.92. The third-order valence-corrected chi connectivity index (χ3v) is 5.21. The minimum Gasteiger partial charge on any atom is -0.131 e. The van der Waals surface area contributed by atoms with Gasteiger partial charge in [0.15, 0.2) is 4.31 Å². The van der Waals surface area contributed by atoms with Gasteiger partial charge in [-0.1, -0.05) is 27.7 Å². The minimum absolute atomic E-state index is 1.17. The predicted octanol–water partition coefficient (Wildman–Crippen LogP) is 4.86. The van der Waals surface area contributed by atoms with E-state index in [1.807, 2.05) is 0 Å². The van der Waals surface area contributed by atoms with Crippen molar-refractivity contribution in [3.63, 3.8) is 0 Å². The maximum atomic E-state index is 9.39. The van der Waals surface area contributed by atoms with Crippen LogP contribution in [0.5, 0.6) is 0 Å². The summed E-state index contributed by atoms with van der Waals surface area (Å²) in [5.74, 6) is 0. The quantitative estimate of drug-likeness (QED) is 0.707. The zero-order valence-electron chi connectivity index (χ0n) is 14.8. The summed E-state index contributed by atoms with van der Waals surface area (Å²) >= 11 is 0. The van der Waals surface area contributed by atoms with Crippen molar-refractivity contribution in [1.82, 2.24) is 0 Å². The molecule has 0 aliphatic rings. The molecule has 0 aliphatic carbocycles. The molecule has 2 atom stereocenters. The van der Waals surface area contributed by atoms with Crippen molar-refractivity contribution >= 4 is 16.5 Å². The summed E-state index contributed by atoms with van der Waals surface area (Å²) in [5, 5.41) is 0. The highest BCUT2D eigenvalue weighted by Crippen LogP contribution is 2.31. The summed E-state index contributed by atoms with van der Waals surface area (Å²) in [4.78, 5) is 15.3. The highest BCUT2D eigenvalue weighted by Gasteiger charge is 2.31. The van der Waals surface area contributed by atoms with Crippen LogP contribution < -0.4 is 0 Å². The fraction of sp³-hybridized carbons (Fsp3) is 0.625. The summed E-state index contributed by atoms with van der Waals surface area (Å²) in [6, 6.07) is 0. The summed E-state index contributed by atoms with van der Waals surface area (Å²) in [6.07, 6.45) is 4.69. The second-order valence-electron chi connectivity index (χ2n) is 5.14. The van der Waals surface area contributed by atoms with E-state index in [1.54, 1.807) is 33.4 Å². The molecule has 130 valence electrons. The first-order valence-electron chi connectivity index (χ1n) is 7.87. The molecule has 23 heavy (non-hydrogen) atoms. The molecule has 0 radical (unpaired) electrons. The van der Waals surface area contributed by atoms with Gasteiger partial charge in [-0.3, -0.25) is 0 Å². The van der Waals surface area contributed by atoms with Crippen molar-refractivity contribution in [2.24, 2.45) is 0 Å². The number of hydrogen-bond donors (Lipinski definition) is 2. The maximum Gasteiger partial charge on any atom is 0.745 e. The first-order chi connectivity index (χ1) is 10.7. The normalized spacial score (nSPS) is 11.7. The number of hydrogen-bond acceptors (Lipinski definition) is 3. The van der Waals surface area contributed by atoms with E-state index >= 15 is 0 Å². The van der Waals surface area contributed by atoms with E-state index in [0.29, 0.717) is 0 Å². The van der Waals surface area contributed by atoms with Gasteiger partial charge >= 0.3 is 16.5 Å². The third kappa shape index (κ3) is 6.37. The van der Waals surface area contributed by atoms with Crippen molar-refractivity contribution in [3.8, 4) is 0 Å². The Morgan fingerprint density at radius 2 is 0.913 bits per heavy atom. The Kier molecular flexibility index (Phi) is 10.6. The van der Waals surface area contributed by atoms with Gasteiger partial charge in [0, 0.05) is 9.13 Å². The van der Waals surface area contributed by atoms with Crippen molar-refractivity contribution in [1.29, 1.82) is 0 Å². The van der Waals surface area contributed by atoms with Crippen molar-refractivity contribution < 1.29 is 23.2 Å². The molecule has 0 spiro atoms. The molecule has 0 saturated carbocycles. The fourth-order valence-corrected chi connectivity index (χ4v) is 3.72. The summed E-state index contributed by atoms with van der Waals surface area (Å²) in [7, 11) is -5.85. The fourth-order valence-electron chi connectivity index (χ4n) is 3.24. The second-order valence-corrected chi connectivity index (χ2v) is 6.74. The average molecular weight is 362 g/mol. The Balaban J connectivity index is 0.000000585. The van der Waals surface area contributed by atoms with Crippen LogP contribution in [0.1, 0.15) is 61.1 Å². The molecule has 2 unspecified atom stereocenters. The molecule has 0 heterocycles. The Morgan fingerprint density at radius 3 is 1.00 bits per heavy atom. The molecule has 0 fully saturated rings. The Labute approximate surface area is 141 Å². The largest absolute Gasteiger partial charge is 0.745 e. The van der Waals surface area contributed by atoms with Crippen LogP contribution in [-0.4, -0.2) is 9.79 Å². The Hall–Kier alpha value is -0.700. The van der Waals surface area contributed by atoms with Crippen LogP contribution in [0.3, 0.4) is 0 Å². The van der Waals surface area contributed by atoms with Gasteiger partial charge in [-0.25, -0.2) is 0 Å². The molecule has 2 N–H and O–H groups in total. The van der Waals surface area contributed by atoms with Gasteiger partial charge in [0.05, 0.1) is 0 Å². The van der Waals surface area contributed by atoms with E-state index in [2.05, 4.69) is 45.9 Å². The molecule has 1 aromatic carbocycles.